The molecule has 1 heterocycles. The van der Waals surface area contributed by atoms with E-state index in [2.05, 4.69) is 27.6 Å². The van der Waals surface area contributed by atoms with Gasteiger partial charge in [-0.25, -0.2) is 4.39 Å². The van der Waals surface area contributed by atoms with E-state index in [0.29, 0.717) is 23.4 Å². The van der Waals surface area contributed by atoms with Crippen molar-refractivity contribution in [1.82, 2.24) is 15.5 Å². The molecule has 5 heteroatoms. The van der Waals surface area contributed by atoms with E-state index in [9.17, 15) is 9.18 Å². The molecule has 1 fully saturated rings. The van der Waals surface area contributed by atoms with E-state index in [1.807, 2.05) is 12.1 Å². The molecule has 0 unspecified atom stereocenters. The van der Waals surface area contributed by atoms with Crippen LogP contribution in [0.15, 0.2) is 54.7 Å². The minimum atomic E-state index is -0.392. The molecule has 0 aliphatic heterocycles. The predicted octanol–water partition coefficient (Wildman–Crippen LogP) is 4.10. The van der Waals surface area contributed by atoms with Crippen molar-refractivity contribution in [3.05, 3.63) is 77.2 Å². The number of amides is 1. The fourth-order valence-corrected chi connectivity index (χ4v) is 3.05. The summed E-state index contributed by atoms with van der Waals surface area (Å²) in [5, 5.41) is 9.51. The van der Waals surface area contributed by atoms with Gasteiger partial charge in [0.2, 0.25) is 0 Å². The van der Waals surface area contributed by atoms with E-state index < -0.39 is 5.82 Å². The van der Waals surface area contributed by atoms with Crippen LogP contribution >= 0.6 is 0 Å². The fourth-order valence-electron chi connectivity index (χ4n) is 3.05. The van der Waals surface area contributed by atoms with Crippen LogP contribution in [0.4, 0.5) is 4.39 Å². The van der Waals surface area contributed by atoms with Crippen molar-refractivity contribution < 1.29 is 9.18 Å². The van der Waals surface area contributed by atoms with E-state index in [1.165, 1.54) is 30.7 Å². The van der Waals surface area contributed by atoms with Crippen LogP contribution in [0.25, 0.3) is 11.3 Å². The van der Waals surface area contributed by atoms with Gasteiger partial charge < -0.3 is 5.32 Å². The smallest absolute Gasteiger partial charge is 0.255 e. The van der Waals surface area contributed by atoms with E-state index in [1.54, 1.807) is 18.2 Å². The minimum absolute atomic E-state index is 0.279. The summed E-state index contributed by atoms with van der Waals surface area (Å²) in [5.74, 6) is 0.189. The van der Waals surface area contributed by atoms with E-state index in [4.69, 9.17) is 0 Å². The van der Waals surface area contributed by atoms with Gasteiger partial charge in [-0.2, -0.15) is 5.10 Å². The summed E-state index contributed by atoms with van der Waals surface area (Å²) in [6, 6.07) is 14.7. The van der Waals surface area contributed by atoms with E-state index in [-0.39, 0.29) is 5.91 Å². The zero-order chi connectivity index (χ0) is 17.9. The Kier molecular flexibility index (Phi) is 4.52. The molecule has 4 rings (SSSR count). The first-order valence-electron chi connectivity index (χ1n) is 8.85. The Hall–Kier alpha value is -2.95. The molecular formula is C21H20FN3O. The van der Waals surface area contributed by atoms with Crippen LogP contribution in [0.2, 0.25) is 0 Å². The number of benzene rings is 2. The normalized spacial score (nSPS) is 13.6. The maximum atomic E-state index is 14.0. The number of aromatic nitrogens is 2. The van der Waals surface area contributed by atoms with Crippen molar-refractivity contribution in [3.8, 4) is 11.3 Å². The molecular weight excluding hydrogens is 329 g/mol. The van der Waals surface area contributed by atoms with Gasteiger partial charge in [0.15, 0.2) is 0 Å². The van der Waals surface area contributed by atoms with Gasteiger partial charge in [0.05, 0.1) is 17.5 Å². The standard InChI is InChI=1S/C21H20FN3O/c22-19-4-2-1-3-17(19)20-18(13-24-25-20)21(26)23-12-16-9-7-15(8-10-16)11-14-5-6-14/h1-4,7-10,13-14H,5-6,11-12H2,(H,23,26)(H,24,25). The third-order valence-corrected chi connectivity index (χ3v) is 4.72. The first-order valence-corrected chi connectivity index (χ1v) is 8.85. The second-order valence-corrected chi connectivity index (χ2v) is 6.79. The van der Waals surface area contributed by atoms with Crippen molar-refractivity contribution >= 4 is 5.91 Å². The van der Waals surface area contributed by atoms with E-state index in [0.717, 1.165) is 17.9 Å². The molecule has 0 radical (unpaired) electrons. The van der Waals surface area contributed by atoms with Crippen molar-refractivity contribution in [2.75, 3.05) is 0 Å². The fraction of sp³-hybridized carbons (Fsp3) is 0.238. The molecule has 1 aliphatic rings. The Bertz CT molecular complexity index is 913. The number of nitrogens with zero attached hydrogens (tertiary/aromatic N) is 1. The monoisotopic (exact) mass is 349 g/mol. The number of carbonyl (C=O) groups excluding carboxylic acids is 1. The Morgan fingerprint density at radius 3 is 2.58 bits per heavy atom. The first kappa shape index (κ1) is 16.5. The first-order chi connectivity index (χ1) is 12.7. The van der Waals surface area contributed by atoms with Gasteiger partial charge in [-0.3, -0.25) is 9.89 Å². The molecule has 2 aromatic carbocycles. The third kappa shape index (κ3) is 3.67. The SMILES string of the molecule is O=C(NCc1ccc(CC2CC2)cc1)c1cn[nH]c1-c1ccccc1F. The van der Waals surface area contributed by atoms with Crippen LogP contribution in [-0.2, 0) is 13.0 Å². The van der Waals surface area contributed by atoms with Gasteiger partial charge in [0, 0.05) is 12.1 Å². The number of H-pyrrole nitrogens is 1. The zero-order valence-corrected chi connectivity index (χ0v) is 14.3. The number of halogens is 1. The third-order valence-electron chi connectivity index (χ3n) is 4.72. The molecule has 2 N–H and O–H groups in total. The molecule has 1 saturated carbocycles. The summed E-state index contributed by atoms with van der Waals surface area (Å²) in [4.78, 5) is 12.5. The number of hydrogen-bond acceptors (Lipinski definition) is 2. The molecule has 26 heavy (non-hydrogen) atoms. The van der Waals surface area contributed by atoms with Gasteiger partial charge in [-0.15, -0.1) is 0 Å². The van der Waals surface area contributed by atoms with Gasteiger partial charge in [-0.1, -0.05) is 36.4 Å². The second kappa shape index (κ2) is 7.12. The van der Waals surface area contributed by atoms with Gasteiger partial charge in [0.1, 0.15) is 5.82 Å². The lowest BCUT2D eigenvalue weighted by molar-refractivity contribution is 0.0951. The van der Waals surface area contributed by atoms with Crippen LogP contribution in [0.3, 0.4) is 0 Å². The lowest BCUT2D eigenvalue weighted by Gasteiger charge is -2.08. The molecule has 0 atom stereocenters. The average molecular weight is 349 g/mol. The van der Waals surface area contributed by atoms with Crippen molar-refractivity contribution in [2.24, 2.45) is 5.92 Å². The second-order valence-electron chi connectivity index (χ2n) is 6.79. The molecule has 1 aromatic heterocycles. The Morgan fingerprint density at radius 2 is 1.85 bits per heavy atom. The number of aromatic amines is 1. The number of nitrogens with one attached hydrogen (secondary N) is 2. The summed E-state index contributed by atoms with van der Waals surface area (Å²) in [6.07, 6.45) is 5.25. The molecule has 0 saturated heterocycles. The Morgan fingerprint density at radius 1 is 1.12 bits per heavy atom. The molecule has 132 valence electrons. The highest BCUT2D eigenvalue weighted by Crippen LogP contribution is 2.32. The highest BCUT2D eigenvalue weighted by Gasteiger charge is 2.21. The summed E-state index contributed by atoms with van der Waals surface area (Å²) in [5.41, 5.74) is 3.44. The minimum Gasteiger partial charge on any atom is -0.348 e. The topological polar surface area (TPSA) is 57.8 Å². The van der Waals surface area contributed by atoms with Gasteiger partial charge in [-0.05, 0) is 48.4 Å². The van der Waals surface area contributed by atoms with Crippen LogP contribution in [0, 0.1) is 11.7 Å². The van der Waals surface area contributed by atoms with Crippen molar-refractivity contribution in [1.29, 1.82) is 0 Å². The van der Waals surface area contributed by atoms with Crippen LogP contribution in [0.5, 0.6) is 0 Å². The Balaban J connectivity index is 1.42. The number of hydrogen-bond donors (Lipinski definition) is 2. The molecule has 1 amide bonds. The lowest BCUT2D eigenvalue weighted by atomic mass is 10.1. The summed E-state index contributed by atoms with van der Waals surface area (Å²) < 4.78 is 14.0. The summed E-state index contributed by atoms with van der Waals surface area (Å²) in [6.45, 7) is 0.421. The van der Waals surface area contributed by atoms with Gasteiger partial charge in [0.25, 0.3) is 5.91 Å². The molecule has 4 nitrogen and oxygen atoms in total. The van der Waals surface area contributed by atoms with Crippen LogP contribution in [0.1, 0.15) is 34.3 Å². The lowest BCUT2D eigenvalue weighted by Crippen LogP contribution is -2.23. The number of rotatable bonds is 6. The number of carbonyl (C=O) groups is 1. The van der Waals surface area contributed by atoms with Crippen molar-refractivity contribution in [3.63, 3.8) is 0 Å². The highest BCUT2D eigenvalue weighted by molar-refractivity contribution is 5.99. The molecule has 0 bridgehead atoms. The van der Waals surface area contributed by atoms with Gasteiger partial charge >= 0.3 is 0 Å². The van der Waals surface area contributed by atoms with Crippen molar-refractivity contribution in [2.45, 2.75) is 25.8 Å². The highest BCUT2D eigenvalue weighted by atomic mass is 19.1. The van der Waals surface area contributed by atoms with Crippen LogP contribution in [-0.4, -0.2) is 16.1 Å². The summed E-state index contributed by atoms with van der Waals surface area (Å²) in [7, 11) is 0. The zero-order valence-electron chi connectivity index (χ0n) is 14.3. The Labute approximate surface area is 151 Å². The summed E-state index contributed by atoms with van der Waals surface area (Å²) >= 11 is 0. The maximum absolute atomic E-state index is 14.0. The van der Waals surface area contributed by atoms with Crippen LogP contribution < -0.4 is 5.32 Å². The quantitative estimate of drug-likeness (QED) is 0.704. The average Bonchev–Trinajstić information content (AvgIpc) is 3.34. The largest absolute Gasteiger partial charge is 0.348 e. The predicted molar refractivity (Wildman–Crippen MR) is 98.0 cm³/mol. The van der Waals surface area contributed by atoms with E-state index >= 15 is 0 Å². The maximum Gasteiger partial charge on any atom is 0.255 e. The molecule has 1 aliphatic carbocycles. The molecule has 3 aromatic rings. The molecule has 0 spiro atoms.